The number of hydrogen-bond donors (Lipinski definition) is 0. The van der Waals surface area contributed by atoms with Crippen LogP contribution in [0.4, 0.5) is 0 Å². The van der Waals surface area contributed by atoms with Crippen molar-refractivity contribution in [2.75, 3.05) is 0 Å². The molecule has 0 aliphatic carbocycles. The van der Waals surface area contributed by atoms with Gasteiger partial charge in [-0.2, -0.15) is 0 Å². The maximum Gasteiger partial charge on any atom is 0.135 e. The molecule has 14 heavy (non-hydrogen) atoms. The Morgan fingerprint density at radius 3 is 1.57 bits per heavy atom. The van der Waals surface area contributed by atoms with Crippen molar-refractivity contribution < 1.29 is 4.42 Å². The first-order valence-corrected chi connectivity index (χ1v) is 4.31. The molecular weight excluding hydrogens is 167 g/mol. The Kier molecular flexibility index (Phi) is 2.37. The Bertz CT molecular complexity index is 518. The van der Waals surface area contributed by atoms with Crippen LogP contribution in [-0.4, -0.2) is 18.9 Å². The van der Waals surface area contributed by atoms with E-state index in [1.807, 2.05) is 36.4 Å². The summed E-state index contributed by atoms with van der Waals surface area (Å²) in [4.78, 5) is 0. The van der Waals surface area contributed by atoms with Gasteiger partial charge >= 0.3 is 0 Å². The number of rotatable bonds is 0. The number of benzene rings is 2. The molecule has 1 aromatic heterocycles. The summed E-state index contributed by atoms with van der Waals surface area (Å²) in [6.45, 7) is 0. The average Bonchev–Trinajstić information content (AvgIpc) is 2.56. The van der Waals surface area contributed by atoms with Crippen molar-refractivity contribution in [1.82, 2.24) is 0 Å². The quantitative estimate of drug-likeness (QED) is 0.478. The average molecular weight is 175 g/mol. The summed E-state index contributed by atoms with van der Waals surface area (Å²) in [5.74, 6) is 0. The fraction of sp³-hybridized carbons (Fsp3) is 0. The molecule has 1 nitrogen and oxygen atoms in total. The summed E-state index contributed by atoms with van der Waals surface area (Å²) in [7, 11) is 0. The largest absolute Gasteiger partial charge is 0.456 e. The van der Waals surface area contributed by atoms with E-state index in [1.165, 1.54) is 10.8 Å². The van der Waals surface area contributed by atoms with E-state index in [4.69, 9.17) is 4.42 Å². The Labute approximate surface area is 93.9 Å². The second kappa shape index (κ2) is 3.53. The predicted molar refractivity (Wildman–Crippen MR) is 59.5 cm³/mol. The van der Waals surface area contributed by atoms with E-state index < -0.39 is 0 Å². The molecule has 2 aromatic carbocycles. The van der Waals surface area contributed by atoms with Crippen LogP contribution in [0, 0.1) is 0 Å². The predicted octanol–water partition coefficient (Wildman–Crippen LogP) is 3.21. The monoisotopic (exact) mass is 175 g/mol. The van der Waals surface area contributed by atoms with Crippen LogP contribution in [0.25, 0.3) is 21.9 Å². The van der Waals surface area contributed by atoms with E-state index >= 15 is 0 Å². The van der Waals surface area contributed by atoms with E-state index in [0.29, 0.717) is 0 Å². The van der Waals surface area contributed by atoms with Crippen molar-refractivity contribution in [1.29, 1.82) is 0 Å². The van der Waals surface area contributed by atoms with Crippen LogP contribution in [0.1, 0.15) is 0 Å². The fourth-order valence-electron chi connectivity index (χ4n) is 1.67. The Morgan fingerprint density at radius 1 is 0.643 bits per heavy atom. The molecule has 2 heteroatoms. The third-order valence-corrected chi connectivity index (χ3v) is 2.28. The first-order chi connectivity index (χ1) is 6.45. The van der Waals surface area contributed by atoms with E-state index in [2.05, 4.69) is 12.1 Å². The maximum atomic E-state index is 5.65. The molecule has 63 valence electrons. The second-order valence-corrected chi connectivity index (χ2v) is 3.09. The molecule has 0 bridgehead atoms. The topological polar surface area (TPSA) is 13.1 Å². The molecule has 0 atom stereocenters. The maximum absolute atomic E-state index is 5.65. The van der Waals surface area contributed by atoms with Gasteiger partial charge in [-0.1, -0.05) is 36.4 Å². The second-order valence-electron chi connectivity index (χ2n) is 3.09. The van der Waals surface area contributed by atoms with Crippen LogP contribution in [0.5, 0.6) is 0 Å². The zero-order chi connectivity index (χ0) is 8.67. The van der Waals surface area contributed by atoms with Crippen LogP contribution in [0.15, 0.2) is 52.9 Å². The van der Waals surface area contributed by atoms with Crippen molar-refractivity contribution in [2.45, 2.75) is 0 Å². The van der Waals surface area contributed by atoms with Crippen LogP contribution in [0.2, 0.25) is 0 Å². The minimum absolute atomic E-state index is 0. The molecule has 0 saturated carbocycles. The zero-order valence-electron chi connectivity index (χ0n) is 8.03. The first kappa shape index (κ1) is 9.39. The molecule has 3 aromatic rings. The summed E-state index contributed by atoms with van der Waals surface area (Å²) in [6, 6.07) is 16.2. The van der Waals surface area contributed by atoms with Gasteiger partial charge in [0.2, 0.25) is 0 Å². The van der Waals surface area contributed by atoms with Gasteiger partial charge in [0.25, 0.3) is 0 Å². The third kappa shape index (κ3) is 1.26. The van der Waals surface area contributed by atoms with Gasteiger partial charge in [-0.05, 0) is 12.1 Å². The van der Waals surface area contributed by atoms with Crippen molar-refractivity contribution >= 4 is 40.8 Å². The van der Waals surface area contributed by atoms with Crippen LogP contribution >= 0.6 is 0 Å². The van der Waals surface area contributed by atoms with Gasteiger partial charge in [-0.3, -0.25) is 0 Å². The van der Waals surface area contributed by atoms with E-state index in [0.717, 1.165) is 11.2 Å². The summed E-state index contributed by atoms with van der Waals surface area (Å²) in [5.41, 5.74) is 1.92. The Morgan fingerprint density at radius 2 is 1.07 bits per heavy atom. The first-order valence-electron chi connectivity index (χ1n) is 4.31. The molecule has 0 spiro atoms. The molecule has 0 amide bonds. The van der Waals surface area contributed by atoms with Crippen molar-refractivity contribution in [2.24, 2.45) is 0 Å². The van der Waals surface area contributed by atoms with Gasteiger partial charge in [0, 0.05) is 29.6 Å². The van der Waals surface area contributed by atoms with Gasteiger partial charge in [-0.25, -0.2) is 0 Å². The van der Waals surface area contributed by atoms with Crippen molar-refractivity contribution in [3.63, 3.8) is 0 Å². The summed E-state index contributed by atoms with van der Waals surface area (Å²) in [5, 5.41) is 2.39. The Balaban J connectivity index is 0.000000750. The SMILES string of the molecule is [Li].c1ccc2c(c1)oc1ccccc12. The van der Waals surface area contributed by atoms with Gasteiger partial charge in [0.05, 0.1) is 0 Å². The molecule has 3 rings (SSSR count). The molecule has 0 N–H and O–H groups in total. The molecule has 0 unspecified atom stereocenters. The number of hydrogen-bond acceptors (Lipinski definition) is 1. The summed E-state index contributed by atoms with van der Waals surface area (Å²) >= 11 is 0. The molecule has 1 radical (unpaired) electrons. The molecule has 0 fully saturated rings. The van der Waals surface area contributed by atoms with E-state index in [-0.39, 0.29) is 18.9 Å². The van der Waals surface area contributed by atoms with Crippen LogP contribution in [-0.2, 0) is 0 Å². The minimum atomic E-state index is 0. The smallest absolute Gasteiger partial charge is 0.135 e. The number of para-hydroxylation sites is 2. The molecule has 0 aliphatic rings. The summed E-state index contributed by atoms with van der Waals surface area (Å²) < 4.78 is 5.65. The molecule has 0 aliphatic heterocycles. The Hall–Kier alpha value is -1.16. The number of furan rings is 1. The van der Waals surface area contributed by atoms with Crippen molar-refractivity contribution in [3.8, 4) is 0 Å². The molecule has 1 heterocycles. The van der Waals surface area contributed by atoms with Gasteiger partial charge in [-0.15, -0.1) is 0 Å². The minimum Gasteiger partial charge on any atom is -0.456 e. The standard InChI is InChI=1S/C12H8O.Li/c1-3-7-11-9(5-1)10-6-2-4-8-12(10)13-11;/h1-8H;. The van der Waals surface area contributed by atoms with E-state index in [9.17, 15) is 0 Å². The normalized spacial score (nSPS) is 10.3. The van der Waals surface area contributed by atoms with Gasteiger partial charge in [0.15, 0.2) is 0 Å². The number of fused-ring (bicyclic) bond motifs is 3. The van der Waals surface area contributed by atoms with Crippen LogP contribution in [0.3, 0.4) is 0 Å². The van der Waals surface area contributed by atoms with E-state index in [1.54, 1.807) is 0 Å². The van der Waals surface area contributed by atoms with Crippen LogP contribution < -0.4 is 0 Å². The summed E-state index contributed by atoms with van der Waals surface area (Å²) in [6.07, 6.45) is 0. The molecule has 0 saturated heterocycles. The third-order valence-electron chi connectivity index (χ3n) is 2.28. The molecular formula is C12H8LiO. The van der Waals surface area contributed by atoms with Crippen molar-refractivity contribution in [3.05, 3.63) is 48.5 Å². The van der Waals surface area contributed by atoms with Gasteiger partial charge in [0.1, 0.15) is 11.2 Å². The van der Waals surface area contributed by atoms with Gasteiger partial charge < -0.3 is 4.42 Å². The zero-order valence-corrected chi connectivity index (χ0v) is 8.03. The fourth-order valence-corrected chi connectivity index (χ4v) is 1.67.